The van der Waals surface area contributed by atoms with E-state index in [4.69, 9.17) is 23.2 Å². The summed E-state index contributed by atoms with van der Waals surface area (Å²) in [6.45, 7) is 1.80. The van der Waals surface area contributed by atoms with Crippen LogP contribution in [0, 0.1) is 0 Å². The number of rotatable bonds is 5. The molecule has 2 aromatic carbocycles. The quantitative estimate of drug-likeness (QED) is 0.619. The highest BCUT2D eigenvalue weighted by Gasteiger charge is 2.21. The SMILES string of the molecule is CC(c1cccc(Cl)c1)N(C)C(=O)CNC(=O)c1sc2ccccc2c1Cl. The molecule has 2 amide bonds. The average Bonchev–Trinajstić information content (AvgIpc) is 3.01. The van der Waals surface area contributed by atoms with Gasteiger partial charge < -0.3 is 10.2 Å². The van der Waals surface area contributed by atoms with Crippen molar-refractivity contribution >= 4 is 56.4 Å². The number of nitrogens with zero attached hydrogens (tertiary/aromatic N) is 1. The van der Waals surface area contributed by atoms with Crippen LogP contribution in [-0.2, 0) is 4.79 Å². The minimum atomic E-state index is -0.349. The fraction of sp³-hybridized carbons (Fsp3) is 0.200. The highest BCUT2D eigenvalue weighted by atomic mass is 35.5. The first kappa shape index (κ1) is 19.7. The van der Waals surface area contributed by atoms with Gasteiger partial charge in [0, 0.05) is 22.2 Å². The number of likely N-dealkylation sites (N-methyl/N-ethyl adjacent to an activating group) is 1. The Kier molecular flexibility index (Phi) is 6.05. The molecule has 0 aliphatic carbocycles. The van der Waals surface area contributed by atoms with Crippen molar-refractivity contribution in [2.45, 2.75) is 13.0 Å². The lowest BCUT2D eigenvalue weighted by molar-refractivity contribution is -0.130. The number of nitrogens with one attached hydrogen (secondary N) is 1. The molecule has 27 heavy (non-hydrogen) atoms. The number of amides is 2. The first-order valence-electron chi connectivity index (χ1n) is 8.35. The van der Waals surface area contributed by atoms with Crippen LogP contribution in [0.1, 0.15) is 28.2 Å². The van der Waals surface area contributed by atoms with Crippen molar-refractivity contribution in [3.05, 3.63) is 69.0 Å². The Morgan fingerprint density at radius 2 is 1.89 bits per heavy atom. The highest BCUT2D eigenvalue weighted by Crippen LogP contribution is 2.35. The third-order valence-electron chi connectivity index (χ3n) is 4.45. The normalized spacial score (nSPS) is 12.0. The molecule has 0 fully saturated rings. The van der Waals surface area contributed by atoms with E-state index < -0.39 is 0 Å². The van der Waals surface area contributed by atoms with Gasteiger partial charge in [-0.3, -0.25) is 9.59 Å². The van der Waals surface area contributed by atoms with Gasteiger partial charge in [0.1, 0.15) is 4.88 Å². The molecule has 7 heteroatoms. The van der Waals surface area contributed by atoms with Crippen molar-refractivity contribution in [3.8, 4) is 0 Å². The summed E-state index contributed by atoms with van der Waals surface area (Å²) in [5.74, 6) is -0.550. The third kappa shape index (κ3) is 4.26. The van der Waals surface area contributed by atoms with Gasteiger partial charge in [0.05, 0.1) is 17.6 Å². The number of carbonyl (C=O) groups is 2. The summed E-state index contributed by atoms with van der Waals surface area (Å²) >= 11 is 13.7. The summed E-state index contributed by atoms with van der Waals surface area (Å²) in [5, 5.41) is 4.55. The zero-order chi connectivity index (χ0) is 19.6. The van der Waals surface area contributed by atoms with E-state index in [-0.39, 0.29) is 24.4 Å². The van der Waals surface area contributed by atoms with Crippen molar-refractivity contribution < 1.29 is 9.59 Å². The standard InChI is InChI=1S/C20H18Cl2N2O2S/c1-12(13-6-5-7-14(21)10-13)24(2)17(25)11-23-20(26)19-18(22)15-8-3-4-9-16(15)27-19/h3-10,12H,11H2,1-2H3,(H,23,26). The van der Waals surface area contributed by atoms with Crippen LogP contribution in [0.3, 0.4) is 0 Å². The number of hydrogen-bond acceptors (Lipinski definition) is 3. The van der Waals surface area contributed by atoms with Crippen LogP contribution in [0.4, 0.5) is 0 Å². The van der Waals surface area contributed by atoms with Gasteiger partial charge in [0.15, 0.2) is 0 Å². The third-order valence-corrected chi connectivity index (χ3v) is 6.36. The topological polar surface area (TPSA) is 49.4 Å². The van der Waals surface area contributed by atoms with Crippen molar-refractivity contribution in [3.63, 3.8) is 0 Å². The largest absolute Gasteiger partial charge is 0.342 e. The molecule has 0 saturated carbocycles. The van der Waals surface area contributed by atoms with Crippen LogP contribution in [0.5, 0.6) is 0 Å². The van der Waals surface area contributed by atoms with Crippen LogP contribution in [-0.4, -0.2) is 30.3 Å². The molecule has 1 unspecified atom stereocenters. The van der Waals surface area contributed by atoms with E-state index >= 15 is 0 Å². The van der Waals surface area contributed by atoms with E-state index in [2.05, 4.69) is 5.32 Å². The number of halogens is 2. The second-order valence-corrected chi connectivity index (χ2v) is 8.03. The number of hydrogen-bond donors (Lipinski definition) is 1. The van der Waals surface area contributed by atoms with Crippen LogP contribution in [0.15, 0.2) is 48.5 Å². The maximum atomic E-state index is 12.5. The Balaban J connectivity index is 1.65. The molecule has 3 aromatic rings. The van der Waals surface area contributed by atoms with Crippen LogP contribution >= 0.6 is 34.5 Å². The van der Waals surface area contributed by atoms with E-state index in [0.717, 1.165) is 15.6 Å². The fourth-order valence-electron chi connectivity index (χ4n) is 2.73. The maximum Gasteiger partial charge on any atom is 0.263 e. The molecule has 4 nitrogen and oxygen atoms in total. The average molecular weight is 421 g/mol. The van der Waals surface area contributed by atoms with Crippen molar-refractivity contribution in [2.75, 3.05) is 13.6 Å². The Labute approximate surface area is 171 Å². The summed E-state index contributed by atoms with van der Waals surface area (Å²) in [6, 6.07) is 14.8. The molecule has 140 valence electrons. The summed E-state index contributed by atoms with van der Waals surface area (Å²) in [5.41, 5.74) is 0.928. The Morgan fingerprint density at radius 3 is 2.59 bits per heavy atom. The first-order valence-corrected chi connectivity index (χ1v) is 9.92. The molecule has 0 radical (unpaired) electrons. The molecule has 1 atom stereocenters. The Bertz CT molecular complexity index is 1000. The number of thiophene rings is 1. The van der Waals surface area contributed by atoms with Gasteiger partial charge in [-0.1, -0.05) is 53.5 Å². The van der Waals surface area contributed by atoms with Crippen LogP contribution in [0.25, 0.3) is 10.1 Å². The maximum absolute atomic E-state index is 12.5. The van der Waals surface area contributed by atoms with E-state index in [1.165, 1.54) is 11.3 Å². The molecule has 0 aliphatic heterocycles. The molecule has 0 aliphatic rings. The summed E-state index contributed by atoms with van der Waals surface area (Å²) in [6.07, 6.45) is 0. The van der Waals surface area contributed by atoms with Gasteiger partial charge in [-0.2, -0.15) is 0 Å². The van der Waals surface area contributed by atoms with Crippen LogP contribution in [0.2, 0.25) is 10.0 Å². The lowest BCUT2D eigenvalue weighted by Crippen LogP contribution is -2.39. The molecular formula is C20H18Cl2N2O2S. The monoisotopic (exact) mass is 420 g/mol. The zero-order valence-corrected chi connectivity index (χ0v) is 17.2. The van der Waals surface area contributed by atoms with Crippen molar-refractivity contribution in [1.82, 2.24) is 10.2 Å². The molecule has 1 aromatic heterocycles. The van der Waals surface area contributed by atoms with E-state index in [1.54, 1.807) is 18.0 Å². The fourth-order valence-corrected chi connectivity index (χ4v) is 4.36. The van der Waals surface area contributed by atoms with E-state index in [1.807, 2.05) is 49.4 Å². The molecule has 0 saturated heterocycles. The van der Waals surface area contributed by atoms with Crippen molar-refractivity contribution in [2.24, 2.45) is 0 Å². The summed E-state index contributed by atoms with van der Waals surface area (Å²) in [4.78, 5) is 27.0. The first-order chi connectivity index (χ1) is 12.9. The predicted molar refractivity (Wildman–Crippen MR) is 112 cm³/mol. The lowest BCUT2D eigenvalue weighted by atomic mass is 10.1. The molecule has 3 rings (SSSR count). The second kappa shape index (κ2) is 8.30. The molecule has 1 N–H and O–H groups in total. The van der Waals surface area contributed by atoms with Gasteiger partial charge in [-0.15, -0.1) is 11.3 Å². The zero-order valence-electron chi connectivity index (χ0n) is 14.8. The minimum absolute atomic E-state index is 0.106. The van der Waals surface area contributed by atoms with Crippen molar-refractivity contribution in [1.29, 1.82) is 0 Å². The smallest absolute Gasteiger partial charge is 0.263 e. The van der Waals surface area contributed by atoms with Gasteiger partial charge in [0.25, 0.3) is 5.91 Å². The number of benzene rings is 2. The lowest BCUT2D eigenvalue weighted by Gasteiger charge is -2.25. The van der Waals surface area contributed by atoms with Gasteiger partial charge in [-0.05, 0) is 30.7 Å². The number of fused-ring (bicyclic) bond motifs is 1. The van der Waals surface area contributed by atoms with Gasteiger partial charge >= 0.3 is 0 Å². The molecule has 0 spiro atoms. The molecule has 1 heterocycles. The Hall–Kier alpha value is -2.08. The van der Waals surface area contributed by atoms with E-state index in [9.17, 15) is 9.59 Å². The molecular weight excluding hydrogens is 403 g/mol. The van der Waals surface area contributed by atoms with Gasteiger partial charge in [0.2, 0.25) is 5.91 Å². The Morgan fingerprint density at radius 1 is 1.15 bits per heavy atom. The molecule has 0 bridgehead atoms. The minimum Gasteiger partial charge on any atom is -0.342 e. The van der Waals surface area contributed by atoms with Gasteiger partial charge in [-0.25, -0.2) is 0 Å². The highest BCUT2D eigenvalue weighted by molar-refractivity contribution is 7.21. The number of carbonyl (C=O) groups excluding carboxylic acids is 2. The summed E-state index contributed by atoms with van der Waals surface area (Å²) in [7, 11) is 1.70. The summed E-state index contributed by atoms with van der Waals surface area (Å²) < 4.78 is 0.936. The second-order valence-electron chi connectivity index (χ2n) is 6.16. The predicted octanol–water partition coefficient (Wildman–Crippen LogP) is 5.16. The van der Waals surface area contributed by atoms with E-state index in [0.29, 0.717) is 14.9 Å². The van der Waals surface area contributed by atoms with Crippen LogP contribution < -0.4 is 5.32 Å².